The number of hydrogen-bond donors (Lipinski definition) is 1. The zero-order valence-electron chi connectivity index (χ0n) is 14.3. The van der Waals surface area contributed by atoms with Crippen LogP contribution in [0.1, 0.15) is 28.8 Å². The summed E-state index contributed by atoms with van der Waals surface area (Å²) in [7, 11) is 0. The van der Waals surface area contributed by atoms with E-state index in [1.807, 2.05) is 16.3 Å². The molecule has 1 aliphatic rings. The number of amides is 2. The Morgan fingerprint density at radius 3 is 2.88 bits per heavy atom. The normalized spacial score (nSPS) is 13.4. The van der Waals surface area contributed by atoms with Crippen LogP contribution in [0.3, 0.4) is 0 Å². The topological polar surface area (TPSA) is 49.4 Å². The van der Waals surface area contributed by atoms with Gasteiger partial charge in [-0.1, -0.05) is 0 Å². The summed E-state index contributed by atoms with van der Waals surface area (Å²) in [4.78, 5) is 27.3. The fourth-order valence-electron chi connectivity index (χ4n) is 3.00. The fourth-order valence-corrected chi connectivity index (χ4v) is 3.89. The Labute approximate surface area is 154 Å². The number of carbonyl (C=O) groups excluding carboxylic acids is 2. The van der Waals surface area contributed by atoms with Crippen LogP contribution in [0.25, 0.3) is 0 Å². The minimum Gasteiger partial charge on any atom is -0.356 e. The molecule has 0 atom stereocenters. The molecule has 2 aromatic rings. The Morgan fingerprint density at radius 2 is 2.04 bits per heavy atom. The van der Waals surface area contributed by atoms with Gasteiger partial charge < -0.3 is 10.2 Å². The van der Waals surface area contributed by atoms with E-state index in [4.69, 9.17) is 0 Å². The van der Waals surface area contributed by atoms with Gasteiger partial charge in [0.25, 0.3) is 0 Å². The maximum atomic E-state index is 13.5. The van der Waals surface area contributed by atoms with Crippen molar-refractivity contribution in [3.05, 3.63) is 57.3 Å². The molecule has 1 N–H and O–H groups in total. The summed E-state index contributed by atoms with van der Waals surface area (Å²) in [5.41, 5.74) is 1.38. The number of benzene rings is 1. The molecule has 1 aromatic heterocycles. The number of carbonyl (C=O) groups is 2. The van der Waals surface area contributed by atoms with Crippen molar-refractivity contribution in [1.29, 1.82) is 0 Å². The number of rotatable bonds is 6. The second-order valence-corrected chi connectivity index (χ2v) is 7.27. The summed E-state index contributed by atoms with van der Waals surface area (Å²) in [6.45, 7) is 1.58. The van der Waals surface area contributed by atoms with E-state index in [0.717, 1.165) is 24.6 Å². The Balaban J connectivity index is 1.38. The van der Waals surface area contributed by atoms with Gasteiger partial charge in [-0.05, 0) is 53.6 Å². The van der Waals surface area contributed by atoms with Crippen molar-refractivity contribution >= 4 is 23.2 Å². The number of nitrogens with zero attached hydrogens (tertiary/aromatic N) is 1. The molecule has 0 fully saturated rings. The van der Waals surface area contributed by atoms with Crippen LogP contribution < -0.4 is 5.32 Å². The second kappa shape index (κ2) is 8.40. The molecule has 1 aliphatic heterocycles. The van der Waals surface area contributed by atoms with E-state index < -0.39 is 11.6 Å². The molecular formula is C19H20F2N2O2S. The molecule has 0 aliphatic carbocycles. The van der Waals surface area contributed by atoms with Gasteiger partial charge in [-0.3, -0.25) is 9.59 Å². The molecule has 0 saturated carbocycles. The smallest absolute Gasteiger partial charge is 0.224 e. The predicted octanol–water partition coefficient (Wildman–Crippen LogP) is 3.05. The summed E-state index contributed by atoms with van der Waals surface area (Å²) >= 11 is 1.72. The predicted molar refractivity (Wildman–Crippen MR) is 95.7 cm³/mol. The molecule has 1 aromatic carbocycles. The maximum Gasteiger partial charge on any atom is 0.224 e. The third-order valence-corrected chi connectivity index (χ3v) is 5.47. The van der Waals surface area contributed by atoms with Gasteiger partial charge in [0, 0.05) is 37.4 Å². The maximum absolute atomic E-state index is 13.5. The molecule has 26 heavy (non-hydrogen) atoms. The van der Waals surface area contributed by atoms with E-state index in [1.165, 1.54) is 10.4 Å². The number of aryl methyl sites for hydroxylation is 1. The minimum atomic E-state index is -0.525. The molecule has 0 spiro atoms. The van der Waals surface area contributed by atoms with Crippen LogP contribution in [0.4, 0.5) is 8.78 Å². The van der Waals surface area contributed by atoms with E-state index in [0.29, 0.717) is 13.1 Å². The highest BCUT2D eigenvalue weighted by atomic mass is 32.1. The summed E-state index contributed by atoms with van der Waals surface area (Å²) in [6.07, 6.45) is 1.29. The van der Waals surface area contributed by atoms with Crippen molar-refractivity contribution in [1.82, 2.24) is 10.2 Å². The van der Waals surface area contributed by atoms with Crippen LogP contribution in [-0.4, -0.2) is 29.8 Å². The van der Waals surface area contributed by atoms with E-state index in [9.17, 15) is 18.4 Å². The molecule has 0 unspecified atom stereocenters. The van der Waals surface area contributed by atoms with Crippen molar-refractivity contribution in [2.45, 2.75) is 32.2 Å². The van der Waals surface area contributed by atoms with Crippen LogP contribution >= 0.6 is 11.3 Å². The van der Waals surface area contributed by atoms with Crippen LogP contribution in [-0.2, 0) is 29.0 Å². The zero-order valence-corrected chi connectivity index (χ0v) is 15.1. The standard InChI is InChI=1S/C19H20F2N2O2S/c20-15-2-3-16(21)13(11-15)1-4-18(24)22-8-5-19(25)23-9-6-17-14(12-23)7-10-26-17/h2-3,7,10-11H,1,4-6,8-9,12H2,(H,22,24). The fraction of sp³-hybridized carbons (Fsp3) is 0.368. The largest absolute Gasteiger partial charge is 0.356 e. The Hall–Kier alpha value is -2.28. The number of fused-ring (bicyclic) bond motifs is 1. The molecule has 7 heteroatoms. The second-order valence-electron chi connectivity index (χ2n) is 6.27. The van der Waals surface area contributed by atoms with Gasteiger partial charge in [-0.15, -0.1) is 11.3 Å². The summed E-state index contributed by atoms with van der Waals surface area (Å²) in [5, 5.41) is 4.71. The first kappa shape index (κ1) is 18.5. The number of hydrogen-bond acceptors (Lipinski definition) is 3. The van der Waals surface area contributed by atoms with Crippen LogP contribution in [0.5, 0.6) is 0 Å². The van der Waals surface area contributed by atoms with Crippen molar-refractivity contribution in [2.75, 3.05) is 13.1 Å². The molecule has 3 rings (SSSR count). The van der Waals surface area contributed by atoms with Crippen molar-refractivity contribution in [3.63, 3.8) is 0 Å². The van der Waals surface area contributed by atoms with Gasteiger partial charge in [0.05, 0.1) is 0 Å². The van der Waals surface area contributed by atoms with Gasteiger partial charge in [-0.2, -0.15) is 0 Å². The highest BCUT2D eigenvalue weighted by Crippen LogP contribution is 2.24. The molecule has 4 nitrogen and oxygen atoms in total. The van der Waals surface area contributed by atoms with E-state index in [1.54, 1.807) is 11.3 Å². The van der Waals surface area contributed by atoms with Gasteiger partial charge in [0.2, 0.25) is 11.8 Å². The lowest BCUT2D eigenvalue weighted by atomic mass is 10.1. The molecule has 138 valence electrons. The number of nitrogens with one attached hydrogen (secondary N) is 1. The molecular weight excluding hydrogens is 358 g/mol. The SMILES string of the molecule is O=C(CCc1cc(F)ccc1F)NCCC(=O)N1CCc2sccc2C1. The highest BCUT2D eigenvalue weighted by Gasteiger charge is 2.21. The summed E-state index contributed by atoms with van der Waals surface area (Å²) in [6, 6.07) is 5.25. The lowest BCUT2D eigenvalue weighted by Gasteiger charge is -2.27. The Kier molecular flexibility index (Phi) is 5.98. The zero-order chi connectivity index (χ0) is 18.5. The summed E-state index contributed by atoms with van der Waals surface area (Å²) in [5.74, 6) is -1.31. The lowest BCUT2D eigenvalue weighted by molar-refractivity contribution is -0.132. The van der Waals surface area contributed by atoms with E-state index >= 15 is 0 Å². The van der Waals surface area contributed by atoms with Crippen LogP contribution in [0, 0.1) is 11.6 Å². The first-order valence-electron chi connectivity index (χ1n) is 8.56. The third kappa shape index (κ3) is 4.66. The average molecular weight is 378 g/mol. The van der Waals surface area contributed by atoms with Gasteiger partial charge >= 0.3 is 0 Å². The monoisotopic (exact) mass is 378 g/mol. The van der Waals surface area contributed by atoms with Crippen molar-refractivity contribution in [3.8, 4) is 0 Å². The van der Waals surface area contributed by atoms with Crippen LogP contribution in [0.15, 0.2) is 29.6 Å². The Bertz CT molecular complexity index is 807. The molecule has 2 heterocycles. The van der Waals surface area contributed by atoms with Crippen LogP contribution in [0.2, 0.25) is 0 Å². The van der Waals surface area contributed by atoms with E-state index in [2.05, 4.69) is 5.32 Å². The van der Waals surface area contributed by atoms with E-state index in [-0.39, 0.29) is 43.2 Å². The van der Waals surface area contributed by atoms with Gasteiger partial charge in [0.15, 0.2) is 0 Å². The highest BCUT2D eigenvalue weighted by molar-refractivity contribution is 7.10. The molecule has 0 saturated heterocycles. The number of thiophene rings is 1. The first-order chi connectivity index (χ1) is 12.5. The Morgan fingerprint density at radius 1 is 1.19 bits per heavy atom. The third-order valence-electron chi connectivity index (χ3n) is 4.45. The first-order valence-corrected chi connectivity index (χ1v) is 9.44. The van der Waals surface area contributed by atoms with Crippen molar-refractivity contribution in [2.24, 2.45) is 0 Å². The summed E-state index contributed by atoms with van der Waals surface area (Å²) < 4.78 is 26.6. The lowest BCUT2D eigenvalue weighted by Crippen LogP contribution is -2.37. The quantitative estimate of drug-likeness (QED) is 0.840. The average Bonchev–Trinajstić information content (AvgIpc) is 3.10. The minimum absolute atomic E-state index is 0.0123. The molecule has 0 radical (unpaired) electrons. The van der Waals surface area contributed by atoms with Gasteiger partial charge in [-0.25, -0.2) is 8.78 Å². The van der Waals surface area contributed by atoms with Crippen molar-refractivity contribution < 1.29 is 18.4 Å². The van der Waals surface area contributed by atoms with Gasteiger partial charge in [0.1, 0.15) is 11.6 Å². The molecule has 0 bridgehead atoms. The number of halogens is 2. The molecule has 2 amide bonds.